The van der Waals surface area contributed by atoms with Crippen molar-refractivity contribution in [1.29, 1.82) is 0 Å². The van der Waals surface area contributed by atoms with Crippen molar-refractivity contribution < 1.29 is 9.50 Å². The summed E-state index contributed by atoms with van der Waals surface area (Å²) in [7, 11) is 0. The maximum Gasteiger partial charge on any atom is 0.142 e. The Balaban J connectivity index is 1.90. The molecular weight excluding hydrogens is 291 g/mol. The highest BCUT2D eigenvalue weighted by molar-refractivity contribution is 6.30. The molecule has 0 saturated heterocycles. The van der Waals surface area contributed by atoms with Gasteiger partial charge in [-0.05, 0) is 29.8 Å². The molecule has 1 N–H and O–H groups in total. The molecule has 0 spiro atoms. The summed E-state index contributed by atoms with van der Waals surface area (Å²) in [6.07, 6.45) is 2.32. The number of aromatic nitrogens is 2. The summed E-state index contributed by atoms with van der Waals surface area (Å²) in [5.74, 6) is -0.552. The molecule has 106 valence electrons. The van der Waals surface area contributed by atoms with Crippen LogP contribution in [-0.4, -0.2) is 14.9 Å². The van der Waals surface area contributed by atoms with Gasteiger partial charge in [0.25, 0.3) is 0 Å². The number of para-hydroxylation sites is 1. The van der Waals surface area contributed by atoms with E-state index in [9.17, 15) is 9.50 Å². The Morgan fingerprint density at radius 2 is 1.86 bits per heavy atom. The van der Waals surface area contributed by atoms with Crippen molar-refractivity contribution in [2.75, 3.05) is 0 Å². The molecule has 1 unspecified atom stereocenters. The average molecular weight is 303 g/mol. The van der Waals surface area contributed by atoms with Gasteiger partial charge >= 0.3 is 0 Å². The number of benzene rings is 2. The third kappa shape index (κ3) is 2.82. The highest BCUT2D eigenvalue weighted by Crippen LogP contribution is 2.25. The minimum Gasteiger partial charge on any atom is -0.384 e. The second kappa shape index (κ2) is 5.68. The van der Waals surface area contributed by atoms with Crippen molar-refractivity contribution in [3.8, 4) is 5.69 Å². The first-order valence-electron chi connectivity index (χ1n) is 6.38. The Hall–Kier alpha value is -2.17. The summed E-state index contributed by atoms with van der Waals surface area (Å²) in [5, 5.41) is 14.5. The molecule has 0 aliphatic rings. The lowest BCUT2D eigenvalue weighted by molar-refractivity contribution is 0.220. The van der Waals surface area contributed by atoms with Crippen LogP contribution in [0, 0.1) is 5.82 Å². The summed E-state index contributed by atoms with van der Waals surface area (Å²) < 4.78 is 15.1. The maximum atomic E-state index is 13.5. The van der Waals surface area contributed by atoms with Gasteiger partial charge in [0.1, 0.15) is 11.9 Å². The van der Waals surface area contributed by atoms with E-state index in [0.29, 0.717) is 11.1 Å². The molecule has 0 aliphatic carbocycles. The molecule has 5 heteroatoms. The van der Waals surface area contributed by atoms with Gasteiger partial charge in [0, 0.05) is 11.8 Å². The average Bonchev–Trinajstić information content (AvgIpc) is 3.00. The molecule has 3 aromatic rings. The van der Waals surface area contributed by atoms with E-state index < -0.39 is 11.9 Å². The number of nitrogens with zero attached hydrogens (tertiary/aromatic N) is 2. The monoisotopic (exact) mass is 302 g/mol. The van der Waals surface area contributed by atoms with Gasteiger partial charge in [-0.1, -0.05) is 35.9 Å². The van der Waals surface area contributed by atoms with Crippen LogP contribution in [0.3, 0.4) is 0 Å². The predicted octanol–water partition coefficient (Wildman–Crippen LogP) is 3.75. The van der Waals surface area contributed by atoms with Crippen molar-refractivity contribution in [1.82, 2.24) is 9.78 Å². The van der Waals surface area contributed by atoms with Gasteiger partial charge in [0.2, 0.25) is 0 Å². The van der Waals surface area contributed by atoms with Crippen molar-refractivity contribution >= 4 is 11.6 Å². The molecule has 1 heterocycles. The quantitative estimate of drug-likeness (QED) is 0.800. The Labute approximate surface area is 126 Å². The lowest BCUT2D eigenvalue weighted by atomic mass is 10.0. The second-order valence-electron chi connectivity index (χ2n) is 4.63. The fourth-order valence-electron chi connectivity index (χ4n) is 2.07. The number of aliphatic hydroxyl groups is 1. The van der Waals surface area contributed by atoms with Gasteiger partial charge in [-0.2, -0.15) is 5.10 Å². The first-order valence-corrected chi connectivity index (χ1v) is 6.76. The Kier molecular flexibility index (Phi) is 3.73. The summed E-state index contributed by atoms with van der Waals surface area (Å²) in [6.45, 7) is 0. The van der Waals surface area contributed by atoms with Crippen LogP contribution in [0.2, 0.25) is 5.02 Å². The Bertz CT molecular complexity index is 758. The lowest BCUT2D eigenvalue weighted by Crippen LogP contribution is -1.99. The molecule has 0 bridgehead atoms. The molecule has 0 aliphatic heterocycles. The number of aliphatic hydroxyl groups excluding tert-OH is 1. The molecule has 2 aromatic carbocycles. The minimum absolute atomic E-state index is 0.0333. The maximum absolute atomic E-state index is 13.5. The molecular formula is C16H12ClFN2O. The summed E-state index contributed by atoms with van der Waals surface area (Å²) in [5.41, 5.74) is 1.91. The smallest absolute Gasteiger partial charge is 0.142 e. The highest BCUT2D eigenvalue weighted by atomic mass is 35.5. The number of hydrogen-bond donors (Lipinski definition) is 1. The second-order valence-corrected chi connectivity index (χ2v) is 5.04. The van der Waals surface area contributed by atoms with Crippen LogP contribution in [0.1, 0.15) is 17.2 Å². The molecule has 3 nitrogen and oxygen atoms in total. The van der Waals surface area contributed by atoms with Crippen molar-refractivity contribution in [2.24, 2.45) is 0 Å². The van der Waals surface area contributed by atoms with Crippen LogP contribution < -0.4 is 0 Å². The van der Waals surface area contributed by atoms with E-state index in [0.717, 1.165) is 5.69 Å². The lowest BCUT2D eigenvalue weighted by Gasteiger charge is -2.09. The van der Waals surface area contributed by atoms with Gasteiger partial charge < -0.3 is 5.11 Å². The van der Waals surface area contributed by atoms with Crippen molar-refractivity contribution in [3.05, 3.63) is 82.9 Å². The molecule has 1 aromatic heterocycles. The third-order valence-corrected chi connectivity index (χ3v) is 3.50. The number of hydrogen-bond acceptors (Lipinski definition) is 2. The van der Waals surface area contributed by atoms with Gasteiger partial charge in [0.15, 0.2) is 0 Å². The van der Waals surface area contributed by atoms with Crippen LogP contribution in [0.5, 0.6) is 0 Å². The predicted molar refractivity (Wildman–Crippen MR) is 79.0 cm³/mol. The molecule has 0 fully saturated rings. The van der Waals surface area contributed by atoms with Gasteiger partial charge in [-0.25, -0.2) is 9.07 Å². The molecule has 3 rings (SSSR count). The molecule has 1 atom stereocenters. The van der Waals surface area contributed by atoms with E-state index in [-0.39, 0.29) is 5.02 Å². The summed E-state index contributed by atoms with van der Waals surface area (Å²) >= 11 is 5.64. The van der Waals surface area contributed by atoms with E-state index >= 15 is 0 Å². The van der Waals surface area contributed by atoms with Crippen molar-refractivity contribution in [3.63, 3.8) is 0 Å². The fourth-order valence-corrected chi connectivity index (χ4v) is 2.19. The van der Waals surface area contributed by atoms with Crippen LogP contribution in [0.25, 0.3) is 5.69 Å². The van der Waals surface area contributed by atoms with Crippen LogP contribution in [0.15, 0.2) is 60.9 Å². The zero-order chi connectivity index (χ0) is 14.8. The van der Waals surface area contributed by atoms with Crippen molar-refractivity contribution in [2.45, 2.75) is 6.10 Å². The van der Waals surface area contributed by atoms with Gasteiger partial charge in [0.05, 0.1) is 16.9 Å². The Morgan fingerprint density at radius 1 is 1.10 bits per heavy atom. The van der Waals surface area contributed by atoms with E-state index in [1.54, 1.807) is 23.1 Å². The number of rotatable bonds is 3. The van der Waals surface area contributed by atoms with Gasteiger partial charge in [-0.3, -0.25) is 0 Å². The van der Waals surface area contributed by atoms with E-state index in [1.807, 2.05) is 30.3 Å². The first-order chi connectivity index (χ1) is 10.1. The summed E-state index contributed by atoms with van der Waals surface area (Å²) in [4.78, 5) is 0. The molecule has 0 saturated carbocycles. The van der Waals surface area contributed by atoms with E-state index in [4.69, 9.17) is 11.6 Å². The van der Waals surface area contributed by atoms with E-state index in [2.05, 4.69) is 5.10 Å². The third-order valence-electron chi connectivity index (χ3n) is 3.20. The molecule has 0 radical (unpaired) electrons. The van der Waals surface area contributed by atoms with E-state index in [1.165, 1.54) is 12.1 Å². The first kappa shape index (κ1) is 13.8. The number of halogens is 2. The van der Waals surface area contributed by atoms with Crippen LogP contribution in [-0.2, 0) is 0 Å². The molecule has 0 amide bonds. The normalized spacial score (nSPS) is 12.3. The summed E-state index contributed by atoms with van der Waals surface area (Å²) in [6, 6.07) is 13.8. The Morgan fingerprint density at radius 3 is 2.57 bits per heavy atom. The van der Waals surface area contributed by atoms with Crippen LogP contribution in [0.4, 0.5) is 4.39 Å². The zero-order valence-corrected chi connectivity index (χ0v) is 11.7. The highest BCUT2D eigenvalue weighted by Gasteiger charge is 2.14. The SMILES string of the molecule is OC(c1ccc(Cl)c(F)c1)c1cnn(-c2ccccc2)c1. The topological polar surface area (TPSA) is 38.1 Å². The zero-order valence-electron chi connectivity index (χ0n) is 10.9. The van der Waals surface area contributed by atoms with Crippen LogP contribution >= 0.6 is 11.6 Å². The molecule has 21 heavy (non-hydrogen) atoms. The minimum atomic E-state index is -0.950. The largest absolute Gasteiger partial charge is 0.384 e. The van der Waals surface area contributed by atoms with Gasteiger partial charge in [-0.15, -0.1) is 0 Å². The fraction of sp³-hybridized carbons (Fsp3) is 0.0625. The standard InChI is InChI=1S/C16H12ClFN2O/c17-14-7-6-11(8-15(14)18)16(21)12-9-19-20(10-12)13-4-2-1-3-5-13/h1-10,16,21H.